The molecule has 0 bridgehead atoms. The van der Waals surface area contributed by atoms with Crippen molar-refractivity contribution in [3.63, 3.8) is 0 Å². The Kier molecular flexibility index (Phi) is 1.64. The lowest BCUT2D eigenvalue weighted by molar-refractivity contribution is 0.638. The Morgan fingerprint density at radius 2 is 1.91 bits per heavy atom. The van der Waals surface area contributed by atoms with Gasteiger partial charge in [0.15, 0.2) is 0 Å². The van der Waals surface area contributed by atoms with Crippen molar-refractivity contribution in [3.05, 3.63) is 48.2 Å². The summed E-state index contributed by atoms with van der Waals surface area (Å²) in [4.78, 5) is 0. The van der Waals surface area contributed by atoms with Gasteiger partial charge in [-0.1, -0.05) is 30.3 Å². The fraction of sp³-hybridized carbons (Fsp3) is 0.200. The summed E-state index contributed by atoms with van der Waals surface area (Å²) in [7, 11) is 0. The maximum Gasteiger partial charge on any atom is 0.0496 e. The number of hydrogen-bond acceptors (Lipinski definition) is 1. The summed E-state index contributed by atoms with van der Waals surface area (Å²) in [6.07, 6.45) is 5.29. The van der Waals surface area contributed by atoms with Crippen LogP contribution in [0.1, 0.15) is 5.56 Å². The van der Waals surface area contributed by atoms with Gasteiger partial charge in [-0.15, -0.1) is 0 Å². The Balaban J connectivity index is 2.01. The molecule has 1 aliphatic rings. The van der Waals surface area contributed by atoms with E-state index in [1.165, 1.54) is 5.56 Å². The monoisotopic (exact) mass is 145 g/mol. The normalized spacial score (nSPS) is 20.5. The van der Waals surface area contributed by atoms with E-state index in [2.05, 4.69) is 35.7 Å². The molecular formula is C10H11N. The number of benzene rings is 1. The molecule has 1 heterocycles. The summed E-state index contributed by atoms with van der Waals surface area (Å²) in [6.45, 7) is 0. The van der Waals surface area contributed by atoms with Crippen LogP contribution in [0.15, 0.2) is 42.6 Å². The molecule has 0 aromatic heterocycles. The van der Waals surface area contributed by atoms with Gasteiger partial charge in [-0.05, 0) is 24.3 Å². The Morgan fingerprint density at radius 1 is 1.18 bits per heavy atom. The van der Waals surface area contributed by atoms with Gasteiger partial charge in [0.2, 0.25) is 0 Å². The van der Waals surface area contributed by atoms with Crippen LogP contribution in [0.3, 0.4) is 0 Å². The van der Waals surface area contributed by atoms with Crippen LogP contribution in [0, 0.1) is 0 Å². The van der Waals surface area contributed by atoms with Gasteiger partial charge in [0, 0.05) is 6.04 Å². The van der Waals surface area contributed by atoms with Gasteiger partial charge in [0.1, 0.15) is 0 Å². The average Bonchev–Trinajstić information content (AvgIpc) is 1.99. The van der Waals surface area contributed by atoms with Gasteiger partial charge in [0.25, 0.3) is 0 Å². The molecule has 1 aliphatic heterocycles. The van der Waals surface area contributed by atoms with Crippen LogP contribution in [0.25, 0.3) is 0 Å². The molecule has 0 amide bonds. The molecule has 0 fully saturated rings. The quantitative estimate of drug-likeness (QED) is 0.668. The standard InChI is InChI=1S/C10H11N/c1-2-4-9(5-3-1)8-10-6-7-11-10/h1-7,10-11H,8H2. The Hall–Kier alpha value is -1.24. The molecule has 1 atom stereocenters. The van der Waals surface area contributed by atoms with Crippen molar-refractivity contribution >= 4 is 0 Å². The van der Waals surface area contributed by atoms with Gasteiger partial charge in [-0.3, -0.25) is 0 Å². The fourth-order valence-electron chi connectivity index (χ4n) is 1.23. The Morgan fingerprint density at radius 3 is 2.45 bits per heavy atom. The van der Waals surface area contributed by atoms with E-state index in [1.807, 2.05) is 12.3 Å². The van der Waals surface area contributed by atoms with Gasteiger partial charge >= 0.3 is 0 Å². The predicted octanol–water partition coefficient (Wildman–Crippen LogP) is 1.71. The van der Waals surface area contributed by atoms with Crippen LogP contribution in [-0.4, -0.2) is 6.04 Å². The molecule has 1 nitrogen and oxygen atoms in total. The zero-order valence-electron chi connectivity index (χ0n) is 6.33. The minimum atomic E-state index is 0.567. The van der Waals surface area contributed by atoms with Crippen LogP contribution >= 0.6 is 0 Å². The molecule has 1 unspecified atom stereocenters. The molecule has 0 aliphatic carbocycles. The van der Waals surface area contributed by atoms with E-state index in [1.54, 1.807) is 0 Å². The van der Waals surface area contributed by atoms with Crippen LogP contribution in [0.4, 0.5) is 0 Å². The number of nitrogens with one attached hydrogen (secondary N) is 1. The van der Waals surface area contributed by atoms with Crippen molar-refractivity contribution in [2.45, 2.75) is 12.5 Å². The second-order valence-corrected chi connectivity index (χ2v) is 2.82. The smallest absolute Gasteiger partial charge is 0.0496 e. The highest BCUT2D eigenvalue weighted by Gasteiger charge is 2.08. The Labute approximate surface area is 66.7 Å². The van der Waals surface area contributed by atoms with Gasteiger partial charge in [-0.2, -0.15) is 0 Å². The lowest BCUT2D eigenvalue weighted by atomic mass is 10.0. The van der Waals surface area contributed by atoms with Crippen molar-refractivity contribution in [2.75, 3.05) is 0 Å². The summed E-state index contributed by atoms with van der Waals surface area (Å²) < 4.78 is 0. The molecule has 1 aromatic carbocycles. The molecule has 0 radical (unpaired) electrons. The van der Waals surface area contributed by atoms with E-state index in [9.17, 15) is 0 Å². The van der Waals surface area contributed by atoms with Crippen molar-refractivity contribution < 1.29 is 0 Å². The molecule has 56 valence electrons. The molecule has 2 rings (SSSR count). The van der Waals surface area contributed by atoms with Gasteiger partial charge in [-0.25, -0.2) is 0 Å². The topological polar surface area (TPSA) is 12.0 Å². The molecule has 1 N–H and O–H groups in total. The summed E-state index contributed by atoms with van der Waals surface area (Å²) in [5.41, 5.74) is 1.40. The number of hydrogen-bond donors (Lipinski definition) is 1. The summed E-state index contributed by atoms with van der Waals surface area (Å²) >= 11 is 0. The summed E-state index contributed by atoms with van der Waals surface area (Å²) in [6, 6.07) is 11.1. The molecule has 0 saturated heterocycles. The van der Waals surface area contributed by atoms with E-state index >= 15 is 0 Å². The first-order valence-electron chi connectivity index (χ1n) is 3.92. The summed E-state index contributed by atoms with van der Waals surface area (Å²) in [5, 5.41) is 3.21. The van der Waals surface area contributed by atoms with Crippen molar-refractivity contribution in [1.29, 1.82) is 0 Å². The molecule has 1 heteroatoms. The highest BCUT2D eigenvalue weighted by Crippen LogP contribution is 2.07. The van der Waals surface area contributed by atoms with Crippen molar-refractivity contribution in [2.24, 2.45) is 0 Å². The predicted molar refractivity (Wildman–Crippen MR) is 46.2 cm³/mol. The first-order valence-corrected chi connectivity index (χ1v) is 3.92. The Bertz CT molecular complexity index is 251. The minimum absolute atomic E-state index is 0.567. The zero-order chi connectivity index (χ0) is 7.52. The molecule has 11 heavy (non-hydrogen) atoms. The highest BCUT2D eigenvalue weighted by molar-refractivity contribution is 5.19. The molecular weight excluding hydrogens is 134 g/mol. The van der Waals surface area contributed by atoms with Gasteiger partial charge < -0.3 is 5.32 Å². The SMILES string of the molecule is C1=CC(Cc2ccccc2)N1. The maximum absolute atomic E-state index is 3.21. The van der Waals surface area contributed by atoms with Crippen LogP contribution in [0.5, 0.6) is 0 Å². The third-order valence-corrected chi connectivity index (χ3v) is 1.94. The minimum Gasteiger partial charge on any atom is -0.384 e. The van der Waals surface area contributed by atoms with E-state index in [4.69, 9.17) is 0 Å². The third kappa shape index (κ3) is 1.43. The molecule has 0 saturated carbocycles. The number of rotatable bonds is 2. The summed E-state index contributed by atoms with van der Waals surface area (Å²) in [5.74, 6) is 0. The largest absolute Gasteiger partial charge is 0.384 e. The van der Waals surface area contributed by atoms with E-state index < -0.39 is 0 Å². The highest BCUT2D eigenvalue weighted by atomic mass is 14.9. The molecule has 1 aromatic rings. The first kappa shape index (κ1) is 6.47. The maximum atomic E-state index is 3.21. The lowest BCUT2D eigenvalue weighted by Crippen LogP contribution is -2.31. The van der Waals surface area contributed by atoms with Crippen molar-refractivity contribution in [3.8, 4) is 0 Å². The van der Waals surface area contributed by atoms with Gasteiger partial charge in [0.05, 0.1) is 0 Å². The lowest BCUT2D eigenvalue weighted by Gasteiger charge is -2.20. The second-order valence-electron chi connectivity index (χ2n) is 2.82. The van der Waals surface area contributed by atoms with Crippen LogP contribution in [0.2, 0.25) is 0 Å². The third-order valence-electron chi connectivity index (χ3n) is 1.94. The zero-order valence-corrected chi connectivity index (χ0v) is 6.33. The first-order chi connectivity index (χ1) is 5.45. The van der Waals surface area contributed by atoms with E-state index in [-0.39, 0.29) is 0 Å². The fourth-order valence-corrected chi connectivity index (χ4v) is 1.23. The van der Waals surface area contributed by atoms with Crippen LogP contribution in [-0.2, 0) is 6.42 Å². The van der Waals surface area contributed by atoms with E-state index in [0.717, 1.165) is 6.42 Å². The molecule has 0 spiro atoms. The average molecular weight is 145 g/mol. The van der Waals surface area contributed by atoms with E-state index in [0.29, 0.717) is 6.04 Å². The second kappa shape index (κ2) is 2.79. The van der Waals surface area contributed by atoms with Crippen molar-refractivity contribution in [1.82, 2.24) is 5.32 Å². The van der Waals surface area contributed by atoms with Crippen LogP contribution < -0.4 is 5.32 Å².